The maximum atomic E-state index is 11.9. The van der Waals surface area contributed by atoms with Gasteiger partial charge >= 0.3 is 6.03 Å². The molecule has 3 amide bonds. The summed E-state index contributed by atoms with van der Waals surface area (Å²) in [5, 5.41) is 11.4. The fourth-order valence-corrected chi connectivity index (χ4v) is 3.73. The van der Waals surface area contributed by atoms with E-state index in [-0.39, 0.29) is 11.9 Å². The number of fused-ring (bicyclic) bond motifs is 1. The molecule has 0 radical (unpaired) electrons. The lowest BCUT2D eigenvalue weighted by molar-refractivity contribution is -0.115. The van der Waals surface area contributed by atoms with Gasteiger partial charge in [0.15, 0.2) is 0 Å². The minimum atomic E-state index is -0.228. The molecule has 7 heteroatoms. The van der Waals surface area contributed by atoms with E-state index in [0.29, 0.717) is 19.4 Å². The summed E-state index contributed by atoms with van der Waals surface area (Å²) in [5.74, 6) is 0.0287. The molecule has 0 bridgehead atoms. The number of nitrogens with zero attached hydrogens (tertiary/aromatic N) is 1. The van der Waals surface area contributed by atoms with Crippen LogP contribution in [-0.2, 0) is 17.6 Å². The second kappa shape index (κ2) is 7.59. The van der Waals surface area contributed by atoms with Crippen LogP contribution in [0.2, 0.25) is 0 Å². The van der Waals surface area contributed by atoms with Crippen LogP contribution in [0.25, 0.3) is 11.3 Å². The number of carbonyl (C=O) groups is 2. The van der Waals surface area contributed by atoms with Gasteiger partial charge in [0.05, 0.1) is 17.1 Å². The molecule has 2 aromatic carbocycles. The van der Waals surface area contributed by atoms with Crippen molar-refractivity contribution in [2.75, 3.05) is 17.2 Å². The Morgan fingerprint density at radius 1 is 1.19 bits per heavy atom. The van der Waals surface area contributed by atoms with Gasteiger partial charge in [-0.05, 0) is 29.8 Å². The first kappa shape index (κ1) is 17.2. The molecule has 3 aromatic rings. The monoisotopic (exact) mass is 378 g/mol. The third-order valence-corrected chi connectivity index (χ3v) is 5.14. The van der Waals surface area contributed by atoms with E-state index in [4.69, 9.17) is 0 Å². The second-order valence-electron chi connectivity index (χ2n) is 6.22. The van der Waals surface area contributed by atoms with Crippen LogP contribution in [0.4, 0.5) is 16.2 Å². The largest absolute Gasteiger partial charge is 0.337 e. The minimum Gasteiger partial charge on any atom is -0.337 e. The Hall–Kier alpha value is -3.19. The maximum Gasteiger partial charge on any atom is 0.319 e. The molecule has 0 spiro atoms. The molecule has 27 heavy (non-hydrogen) atoms. The summed E-state index contributed by atoms with van der Waals surface area (Å²) < 4.78 is 0. The molecular formula is C20H18N4O2S. The topological polar surface area (TPSA) is 83.1 Å². The van der Waals surface area contributed by atoms with Gasteiger partial charge < -0.3 is 16.0 Å². The van der Waals surface area contributed by atoms with Crippen molar-refractivity contribution in [1.82, 2.24) is 10.3 Å². The number of amides is 3. The third kappa shape index (κ3) is 4.15. The van der Waals surface area contributed by atoms with Crippen molar-refractivity contribution in [3.05, 3.63) is 64.5 Å². The highest BCUT2D eigenvalue weighted by atomic mass is 32.1. The SMILES string of the molecule is O=C1Cc2cc(-c3csc(CCNC(=O)Nc4ccccc4)n3)ccc2N1. The van der Waals surface area contributed by atoms with Gasteiger partial charge in [-0.3, -0.25) is 4.79 Å². The van der Waals surface area contributed by atoms with Crippen LogP contribution >= 0.6 is 11.3 Å². The summed E-state index contributed by atoms with van der Waals surface area (Å²) in [6.07, 6.45) is 1.08. The summed E-state index contributed by atoms with van der Waals surface area (Å²) in [6.45, 7) is 0.508. The molecule has 0 saturated heterocycles. The summed E-state index contributed by atoms with van der Waals surface area (Å²) >= 11 is 1.57. The number of nitrogens with one attached hydrogen (secondary N) is 3. The number of aromatic nitrogens is 1. The summed E-state index contributed by atoms with van der Waals surface area (Å²) in [7, 11) is 0. The summed E-state index contributed by atoms with van der Waals surface area (Å²) in [4.78, 5) is 28.0. The van der Waals surface area contributed by atoms with Gasteiger partial charge in [-0.15, -0.1) is 11.3 Å². The van der Waals surface area contributed by atoms with Crippen molar-refractivity contribution < 1.29 is 9.59 Å². The predicted octanol–water partition coefficient (Wildman–Crippen LogP) is 3.67. The molecule has 4 rings (SSSR count). The van der Waals surface area contributed by atoms with Crippen LogP contribution in [-0.4, -0.2) is 23.5 Å². The minimum absolute atomic E-state index is 0.0287. The molecular weight excluding hydrogens is 360 g/mol. The quantitative estimate of drug-likeness (QED) is 0.633. The first-order valence-corrected chi connectivity index (χ1v) is 9.53. The van der Waals surface area contributed by atoms with Gasteiger partial charge in [0.2, 0.25) is 5.91 Å². The molecule has 0 unspecified atom stereocenters. The first-order valence-electron chi connectivity index (χ1n) is 8.65. The van der Waals surface area contributed by atoms with Gasteiger partial charge in [0.25, 0.3) is 0 Å². The van der Waals surface area contributed by atoms with E-state index in [1.165, 1.54) is 0 Å². The highest BCUT2D eigenvalue weighted by molar-refractivity contribution is 7.09. The lowest BCUT2D eigenvalue weighted by Crippen LogP contribution is -2.30. The molecule has 0 atom stereocenters. The number of hydrogen-bond acceptors (Lipinski definition) is 4. The van der Waals surface area contributed by atoms with Gasteiger partial charge in [-0.25, -0.2) is 9.78 Å². The molecule has 1 aromatic heterocycles. The van der Waals surface area contributed by atoms with Crippen LogP contribution in [0.5, 0.6) is 0 Å². The highest BCUT2D eigenvalue weighted by Crippen LogP contribution is 2.29. The van der Waals surface area contributed by atoms with E-state index in [2.05, 4.69) is 20.9 Å². The third-order valence-electron chi connectivity index (χ3n) is 4.23. The van der Waals surface area contributed by atoms with Gasteiger partial charge in [-0.1, -0.05) is 24.3 Å². The Morgan fingerprint density at radius 2 is 2.04 bits per heavy atom. The van der Waals surface area contributed by atoms with E-state index in [9.17, 15) is 9.59 Å². The number of urea groups is 1. The van der Waals surface area contributed by atoms with Crippen molar-refractivity contribution in [2.45, 2.75) is 12.8 Å². The summed E-state index contributed by atoms with van der Waals surface area (Å²) in [6, 6.07) is 15.0. The van der Waals surface area contributed by atoms with Crippen molar-refractivity contribution >= 4 is 34.6 Å². The van der Waals surface area contributed by atoms with Gasteiger partial charge in [-0.2, -0.15) is 0 Å². The van der Waals surface area contributed by atoms with E-state index < -0.39 is 0 Å². The number of rotatable bonds is 5. The second-order valence-corrected chi connectivity index (χ2v) is 7.16. The lowest BCUT2D eigenvalue weighted by atomic mass is 10.1. The van der Waals surface area contributed by atoms with E-state index in [1.807, 2.05) is 53.9 Å². The number of para-hydroxylation sites is 1. The number of thiazole rings is 1. The van der Waals surface area contributed by atoms with E-state index >= 15 is 0 Å². The maximum absolute atomic E-state index is 11.9. The summed E-state index contributed by atoms with van der Waals surface area (Å²) in [5.41, 5.74) is 4.55. The van der Waals surface area contributed by atoms with Crippen LogP contribution in [0, 0.1) is 0 Å². The van der Waals surface area contributed by atoms with E-state index in [1.54, 1.807) is 11.3 Å². The Balaban J connectivity index is 1.32. The molecule has 0 aliphatic carbocycles. The molecule has 0 saturated carbocycles. The van der Waals surface area contributed by atoms with Crippen molar-refractivity contribution in [3.8, 4) is 11.3 Å². The zero-order valence-electron chi connectivity index (χ0n) is 14.5. The van der Waals surface area contributed by atoms with E-state index in [0.717, 1.165) is 33.2 Å². The Bertz CT molecular complexity index is 985. The number of carbonyl (C=O) groups excluding carboxylic acids is 2. The normalized spacial score (nSPS) is 12.4. The average Bonchev–Trinajstić information content (AvgIpc) is 3.27. The zero-order valence-corrected chi connectivity index (χ0v) is 15.3. The molecule has 136 valence electrons. The standard InChI is InChI=1S/C20H18N4O2S/c25-18-11-14-10-13(6-7-16(14)23-18)17-12-27-19(24-17)8-9-21-20(26)22-15-4-2-1-3-5-15/h1-7,10,12H,8-9,11H2,(H,23,25)(H2,21,22,26). The number of anilines is 2. The number of benzene rings is 2. The smallest absolute Gasteiger partial charge is 0.319 e. The molecule has 2 heterocycles. The lowest BCUT2D eigenvalue weighted by Gasteiger charge is -2.06. The fourth-order valence-electron chi connectivity index (χ4n) is 2.93. The van der Waals surface area contributed by atoms with Crippen LogP contribution in [0.15, 0.2) is 53.9 Å². The van der Waals surface area contributed by atoms with Crippen LogP contribution < -0.4 is 16.0 Å². The Labute approximate surface area is 160 Å². The predicted molar refractivity (Wildman–Crippen MR) is 107 cm³/mol. The van der Waals surface area contributed by atoms with Gasteiger partial charge in [0.1, 0.15) is 0 Å². The van der Waals surface area contributed by atoms with Crippen molar-refractivity contribution in [2.24, 2.45) is 0 Å². The average molecular weight is 378 g/mol. The Morgan fingerprint density at radius 3 is 2.89 bits per heavy atom. The first-order chi connectivity index (χ1) is 13.2. The van der Waals surface area contributed by atoms with Crippen LogP contribution in [0.1, 0.15) is 10.6 Å². The molecule has 1 aliphatic rings. The number of hydrogen-bond donors (Lipinski definition) is 3. The molecule has 6 nitrogen and oxygen atoms in total. The zero-order chi connectivity index (χ0) is 18.6. The molecule has 1 aliphatic heterocycles. The van der Waals surface area contributed by atoms with Crippen molar-refractivity contribution in [1.29, 1.82) is 0 Å². The van der Waals surface area contributed by atoms with Crippen LogP contribution in [0.3, 0.4) is 0 Å². The highest BCUT2D eigenvalue weighted by Gasteiger charge is 2.18. The van der Waals surface area contributed by atoms with Crippen molar-refractivity contribution in [3.63, 3.8) is 0 Å². The molecule has 0 fully saturated rings. The van der Waals surface area contributed by atoms with Gasteiger partial charge in [0, 0.05) is 35.3 Å². The fraction of sp³-hybridized carbons (Fsp3) is 0.150. The Kier molecular flexibility index (Phi) is 4.84. The molecule has 3 N–H and O–H groups in total.